The quantitative estimate of drug-likeness (QED) is 0.567. The Labute approximate surface area is 195 Å². The monoisotopic (exact) mass is 458 g/mol. The molecule has 5 nitrogen and oxygen atoms in total. The van der Waals surface area contributed by atoms with Gasteiger partial charge in [0.2, 0.25) is 0 Å². The molecule has 2 heterocycles. The number of para-hydroxylation sites is 1. The molecule has 0 saturated carbocycles. The van der Waals surface area contributed by atoms with Crippen LogP contribution in [0.5, 0.6) is 0 Å². The highest BCUT2D eigenvalue weighted by Gasteiger charge is 2.30. The van der Waals surface area contributed by atoms with E-state index in [0.29, 0.717) is 25.2 Å². The average molecular weight is 459 g/mol. The SMILES string of the molecule is O=C(c1cccc(S(=O)(=O)N2CCCc3ccccc32)c1)N1CC=C(c2ccccc2)CC1. The van der Waals surface area contributed by atoms with Crippen LogP contribution < -0.4 is 4.31 Å². The van der Waals surface area contributed by atoms with E-state index in [4.69, 9.17) is 0 Å². The standard InChI is InChI=1S/C27H26N2O3S/c30-27(28-18-15-22(16-19-28)21-8-2-1-3-9-21)24-11-6-13-25(20-24)33(31,32)29-17-7-12-23-10-4-5-14-26(23)29/h1-6,8-11,13-15,20H,7,12,16-19H2. The maximum atomic E-state index is 13.5. The van der Waals surface area contributed by atoms with E-state index in [2.05, 4.69) is 18.2 Å². The van der Waals surface area contributed by atoms with Crippen molar-refractivity contribution in [2.45, 2.75) is 24.2 Å². The summed E-state index contributed by atoms with van der Waals surface area (Å²) >= 11 is 0. The number of nitrogens with zero attached hydrogens (tertiary/aromatic N) is 2. The van der Waals surface area contributed by atoms with Gasteiger partial charge in [-0.1, -0.05) is 60.7 Å². The molecule has 2 aliphatic heterocycles. The van der Waals surface area contributed by atoms with Gasteiger partial charge in [0.1, 0.15) is 0 Å². The molecule has 3 aromatic carbocycles. The largest absolute Gasteiger partial charge is 0.335 e. The van der Waals surface area contributed by atoms with Gasteiger partial charge in [-0.2, -0.15) is 0 Å². The molecular formula is C27H26N2O3S. The Hall–Kier alpha value is -3.38. The number of benzene rings is 3. The van der Waals surface area contributed by atoms with E-state index in [1.165, 1.54) is 21.5 Å². The molecule has 6 heteroatoms. The minimum atomic E-state index is -3.76. The summed E-state index contributed by atoms with van der Waals surface area (Å²) in [6.45, 7) is 1.56. The Morgan fingerprint density at radius 3 is 2.39 bits per heavy atom. The van der Waals surface area contributed by atoms with Crippen molar-refractivity contribution in [3.63, 3.8) is 0 Å². The van der Waals surface area contributed by atoms with Gasteiger partial charge >= 0.3 is 0 Å². The van der Waals surface area contributed by atoms with Crippen LogP contribution in [0.1, 0.15) is 34.3 Å². The third-order valence-corrected chi connectivity index (χ3v) is 8.19. The number of carbonyl (C=O) groups is 1. The normalized spacial score (nSPS) is 16.2. The number of hydrogen-bond donors (Lipinski definition) is 0. The molecule has 2 aliphatic rings. The van der Waals surface area contributed by atoms with Gasteiger partial charge in [0, 0.05) is 25.2 Å². The van der Waals surface area contributed by atoms with Crippen LogP contribution in [0, 0.1) is 0 Å². The van der Waals surface area contributed by atoms with Crippen molar-refractivity contribution < 1.29 is 13.2 Å². The smallest absolute Gasteiger partial charge is 0.264 e. The van der Waals surface area contributed by atoms with Gasteiger partial charge < -0.3 is 4.90 Å². The molecule has 0 aromatic heterocycles. The fourth-order valence-corrected chi connectivity index (χ4v) is 6.20. The molecule has 0 fully saturated rings. The maximum absolute atomic E-state index is 13.5. The Morgan fingerprint density at radius 2 is 1.61 bits per heavy atom. The number of sulfonamides is 1. The van der Waals surface area contributed by atoms with Crippen molar-refractivity contribution in [1.82, 2.24) is 4.90 Å². The molecular weight excluding hydrogens is 432 g/mol. The maximum Gasteiger partial charge on any atom is 0.264 e. The van der Waals surface area contributed by atoms with Crippen LogP contribution in [0.25, 0.3) is 5.57 Å². The lowest BCUT2D eigenvalue weighted by molar-refractivity contribution is 0.0772. The summed E-state index contributed by atoms with van der Waals surface area (Å²) in [5, 5.41) is 0. The summed E-state index contributed by atoms with van der Waals surface area (Å²) in [6, 6.07) is 24.3. The zero-order chi connectivity index (χ0) is 22.8. The van der Waals surface area contributed by atoms with Gasteiger partial charge in [0.15, 0.2) is 0 Å². The topological polar surface area (TPSA) is 57.7 Å². The molecule has 0 radical (unpaired) electrons. The lowest BCUT2D eigenvalue weighted by Gasteiger charge is -2.30. The van der Waals surface area contributed by atoms with Gasteiger partial charge in [-0.25, -0.2) is 8.42 Å². The second kappa shape index (κ2) is 8.87. The first-order chi connectivity index (χ1) is 16.0. The van der Waals surface area contributed by atoms with E-state index >= 15 is 0 Å². The first-order valence-electron chi connectivity index (χ1n) is 11.3. The third kappa shape index (κ3) is 4.18. The molecule has 0 unspecified atom stereocenters. The van der Waals surface area contributed by atoms with Gasteiger partial charge in [0.25, 0.3) is 15.9 Å². The number of aryl methyl sites for hydroxylation is 1. The third-order valence-electron chi connectivity index (χ3n) is 6.38. The van der Waals surface area contributed by atoms with Gasteiger partial charge in [-0.05, 0) is 60.2 Å². The summed E-state index contributed by atoms with van der Waals surface area (Å²) in [7, 11) is -3.76. The summed E-state index contributed by atoms with van der Waals surface area (Å²) in [5.41, 5.74) is 4.58. The molecule has 5 rings (SSSR count). The van der Waals surface area contributed by atoms with Crippen LogP contribution in [-0.4, -0.2) is 38.9 Å². The molecule has 1 amide bonds. The molecule has 0 saturated heterocycles. The number of fused-ring (bicyclic) bond motifs is 1. The Bertz CT molecular complexity index is 1320. The van der Waals surface area contributed by atoms with Crippen molar-refractivity contribution in [2.24, 2.45) is 0 Å². The predicted molar refractivity (Wildman–Crippen MR) is 131 cm³/mol. The van der Waals surface area contributed by atoms with E-state index in [0.717, 1.165) is 30.5 Å². The zero-order valence-corrected chi connectivity index (χ0v) is 19.2. The van der Waals surface area contributed by atoms with Gasteiger partial charge in [-0.15, -0.1) is 0 Å². The van der Waals surface area contributed by atoms with Crippen LogP contribution in [-0.2, 0) is 16.4 Å². The molecule has 168 valence electrons. The van der Waals surface area contributed by atoms with E-state index in [1.807, 2.05) is 42.5 Å². The molecule has 33 heavy (non-hydrogen) atoms. The number of anilines is 1. The highest BCUT2D eigenvalue weighted by Crippen LogP contribution is 2.32. The van der Waals surface area contributed by atoms with Crippen LogP contribution in [0.3, 0.4) is 0 Å². The molecule has 0 spiro atoms. The first kappa shape index (κ1) is 21.5. The number of amides is 1. The van der Waals surface area contributed by atoms with Crippen molar-refractivity contribution in [2.75, 3.05) is 23.9 Å². The Kier molecular flexibility index (Phi) is 5.77. The summed E-state index contributed by atoms with van der Waals surface area (Å²) < 4.78 is 28.5. The van der Waals surface area contributed by atoms with Crippen molar-refractivity contribution in [3.8, 4) is 0 Å². The van der Waals surface area contributed by atoms with Crippen LogP contribution in [0.15, 0.2) is 89.8 Å². The van der Waals surface area contributed by atoms with Crippen molar-refractivity contribution in [3.05, 3.63) is 102 Å². The Morgan fingerprint density at radius 1 is 0.818 bits per heavy atom. The minimum Gasteiger partial charge on any atom is -0.335 e. The van der Waals surface area contributed by atoms with Gasteiger partial charge in [0.05, 0.1) is 10.6 Å². The molecule has 0 atom stereocenters. The van der Waals surface area contributed by atoms with E-state index in [1.54, 1.807) is 23.1 Å². The second-order valence-electron chi connectivity index (χ2n) is 8.43. The second-order valence-corrected chi connectivity index (χ2v) is 10.3. The molecule has 0 bridgehead atoms. The molecule has 3 aromatic rings. The minimum absolute atomic E-state index is 0.144. The lowest BCUT2D eigenvalue weighted by atomic mass is 9.99. The van der Waals surface area contributed by atoms with E-state index < -0.39 is 10.0 Å². The number of carbonyl (C=O) groups excluding carboxylic acids is 1. The van der Waals surface area contributed by atoms with Crippen molar-refractivity contribution >= 4 is 27.2 Å². The molecule has 0 N–H and O–H groups in total. The average Bonchev–Trinajstić information content (AvgIpc) is 2.88. The summed E-state index contributed by atoms with van der Waals surface area (Å²) in [5.74, 6) is -0.144. The lowest BCUT2D eigenvalue weighted by Crippen LogP contribution is -2.36. The van der Waals surface area contributed by atoms with Crippen LogP contribution >= 0.6 is 0 Å². The fourth-order valence-electron chi connectivity index (χ4n) is 4.62. The molecule has 0 aliphatic carbocycles. The van der Waals surface area contributed by atoms with Crippen LogP contribution in [0.2, 0.25) is 0 Å². The number of rotatable bonds is 4. The highest BCUT2D eigenvalue weighted by atomic mass is 32.2. The van der Waals surface area contributed by atoms with Crippen molar-refractivity contribution in [1.29, 1.82) is 0 Å². The van der Waals surface area contributed by atoms with E-state index in [-0.39, 0.29) is 10.8 Å². The summed E-state index contributed by atoms with van der Waals surface area (Å²) in [6.07, 6.45) is 4.51. The fraction of sp³-hybridized carbons (Fsp3) is 0.222. The Balaban J connectivity index is 1.38. The highest BCUT2D eigenvalue weighted by molar-refractivity contribution is 7.92. The van der Waals surface area contributed by atoms with E-state index in [9.17, 15) is 13.2 Å². The first-order valence-corrected chi connectivity index (χ1v) is 12.7. The predicted octanol–water partition coefficient (Wildman–Crippen LogP) is 4.76. The number of hydrogen-bond acceptors (Lipinski definition) is 3. The summed E-state index contributed by atoms with van der Waals surface area (Å²) in [4.78, 5) is 15.1. The van der Waals surface area contributed by atoms with Gasteiger partial charge in [-0.3, -0.25) is 9.10 Å². The zero-order valence-electron chi connectivity index (χ0n) is 18.4. The van der Waals surface area contributed by atoms with Crippen LogP contribution in [0.4, 0.5) is 5.69 Å².